The van der Waals surface area contributed by atoms with Gasteiger partial charge in [0.25, 0.3) is 0 Å². The molecule has 2 aliphatic carbocycles. The van der Waals surface area contributed by atoms with E-state index in [0.29, 0.717) is 6.10 Å². The van der Waals surface area contributed by atoms with Crippen molar-refractivity contribution in [3.05, 3.63) is 6.42 Å². The van der Waals surface area contributed by atoms with Gasteiger partial charge in [-0.25, -0.2) is 0 Å². The van der Waals surface area contributed by atoms with Crippen molar-refractivity contribution in [2.75, 3.05) is 33.5 Å². The normalized spacial score (nSPS) is 32.4. The summed E-state index contributed by atoms with van der Waals surface area (Å²) in [6.07, 6.45) is 16.3. The Morgan fingerprint density at radius 3 is 2.35 bits per heavy atom. The summed E-state index contributed by atoms with van der Waals surface area (Å²) in [6, 6.07) is 0. The summed E-state index contributed by atoms with van der Waals surface area (Å²) in [7, 11) is 1.79. The first-order chi connectivity index (χ1) is 12.4. The van der Waals surface area contributed by atoms with Crippen molar-refractivity contribution >= 4 is 0 Å². The fraction of sp³-hybridized carbons (Fsp3) is 0.952. The third-order valence-electron chi connectivity index (χ3n) is 6.15. The maximum absolute atomic E-state index is 6.01. The minimum Gasteiger partial charge on any atom is -0.384 e. The molecule has 1 unspecified atom stereocenters. The van der Waals surface area contributed by atoms with Crippen molar-refractivity contribution in [2.24, 2.45) is 11.8 Å². The predicted molar refractivity (Wildman–Crippen MR) is 98.5 cm³/mol. The van der Waals surface area contributed by atoms with Gasteiger partial charge in [0.05, 0.1) is 19.3 Å². The van der Waals surface area contributed by atoms with Gasteiger partial charge in [-0.3, -0.25) is 0 Å². The first-order valence-electron chi connectivity index (χ1n) is 10.5. The largest absolute Gasteiger partial charge is 0.384 e. The van der Waals surface area contributed by atoms with E-state index in [1.165, 1.54) is 57.8 Å². The number of rotatable bonds is 5. The quantitative estimate of drug-likeness (QED) is 0.645. The Morgan fingerprint density at radius 2 is 1.62 bits per heavy atom. The van der Waals surface area contributed by atoms with Gasteiger partial charge in [0.2, 0.25) is 0 Å². The molecule has 0 aromatic heterocycles. The van der Waals surface area contributed by atoms with Gasteiger partial charge in [-0.15, -0.1) is 0 Å². The molecular formula is C21H37O4V-. The second-order valence-electron chi connectivity index (χ2n) is 8.14. The molecule has 4 fully saturated rings. The predicted octanol–water partition coefficient (Wildman–Crippen LogP) is 4.16. The summed E-state index contributed by atoms with van der Waals surface area (Å²) < 4.78 is 22.4. The summed E-state index contributed by atoms with van der Waals surface area (Å²) >= 11 is 0. The van der Waals surface area contributed by atoms with Gasteiger partial charge in [0, 0.05) is 38.9 Å². The molecule has 4 nitrogen and oxygen atoms in total. The van der Waals surface area contributed by atoms with Crippen molar-refractivity contribution < 1.29 is 37.5 Å². The Bertz CT molecular complexity index is 353. The molecule has 0 bridgehead atoms. The van der Waals surface area contributed by atoms with E-state index < -0.39 is 0 Å². The molecule has 151 valence electrons. The molecule has 2 saturated heterocycles. The molecule has 0 amide bonds. The van der Waals surface area contributed by atoms with Crippen LogP contribution in [0.5, 0.6) is 0 Å². The number of ether oxygens (including phenoxy) is 4. The van der Waals surface area contributed by atoms with E-state index in [9.17, 15) is 0 Å². The fourth-order valence-electron chi connectivity index (χ4n) is 4.58. The molecule has 2 saturated carbocycles. The van der Waals surface area contributed by atoms with Crippen molar-refractivity contribution in [1.29, 1.82) is 0 Å². The molecule has 2 aliphatic heterocycles. The maximum Gasteiger partial charge on any atom is 0.112 e. The Morgan fingerprint density at radius 1 is 0.885 bits per heavy atom. The maximum atomic E-state index is 6.01. The molecule has 4 aliphatic rings. The van der Waals surface area contributed by atoms with Crippen LogP contribution in [0.2, 0.25) is 0 Å². The molecule has 0 N–H and O–H groups in total. The monoisotopic (exact) mass is 404 g/mol. The molecule has 0 spiro atoms. The third-order valence-corrected chi connectivity index (χ3v) is 6.15. The van der Waals surface area contributed by atoms with E-state index in [4.69, 9.17) is 18.9 Å². The van der Waals surface area contributed by atoms with Crippen LogP contribution in [0.1, 0.15) is 64.2 Å². The van der Waals surface area contributed by atoms with Crippen LogP contribution in [0.15, 0.2) is 0 Å². The molecule has 0 aromatic rings. The van der Waals surface area contributed by atoms with E-state index in [0.717, 1.165) is 44.7 Å². The standard InChI is InChI=1S/C13H22O3.C8H15O.V/c1-2-4-10(5-3-1)8-15-12-9-16-11-6-7-14-13(11)12;1-9-7-8-5-3-2-4-6-8;/h10-13H,1-9H2;2,8H,3-7H2,1H3;/q;-1;/t11-,12?,13+;;/m1../s1. The Hall–Kier alpha value is 0.424. The van der Waals surface area contributed by atoms with Crippen LogP contribution in [-0.4, -0.2) is 51.8 Å². The summed E-state index contributed by atoms with van der Waals surface area (Å²) in [5.74, 6) is 1.63. The molecule has 2 heterocycles. The molecule has 0 aromatic carbocycles. The van der Waals surface area contributed by atoms with Gasteiger partial charge in [-0.05, 0) is 31.1 Å². The molecule has 5 heteroatoms. The summed E-state index contributed by atoms with van der Waals surface area (Å²) in [5.41, 5.74) is 0. The minimum atomic E-state index is 0. The second-order valence-corrected chi connectivity index (χ2v) is 8.14. The first-order valence-corrected chi connectivity index (χ1v) is 10.5. The van der Waals surface area contributed by atoms with Gasteiger partial charge < -0.3 is 25.4 Å². The number of methoxy groups -OCH3 is 1. The zero-order chi connectivity index (χ0) is 17.3. The van der Waals surface area contributed by atoms with Crippen LogP contribution in [0.25, 0.3) is 0 Å². The molecule has 1 radical (unpaired) electrons. The van der Waals surface area contributed by atoms with Crippen molar-refractivity contribution in [3.8, 4) is 0 Å². The summed E-state index contributed by atoms with van der Waals surface area (Å²) in [6.45, 7) is 3.47. The zero-order valence-corrected chi connectivity index (χ0v) is 17.8. The summed E-state index contributed by atoms with van der Waals surface area (Å²) in [4.78, 5) is 0. The van der Waals surface area contributed by atoms with Crippen molar-refractivity contribution in [3.63, 3.8) is 0 Å². The minimum absolute atomic E-state index is 0. The van der Waals surface area contributed by atoms with E-state index in [-0.39, 0.29) is 30.8 Å². The average Bonchev–Trinajstić information content (AvgIpc) is 3.27. The zero-order valence-electron chi connectivity index (χ0n) is 16.4. The van der Waals surface area contributed by atoms with Gasteiger partial charge in [0.15, 0.2) is 0 Å². The van der Waals surface area contributed by atoms with Gasteiger partial charge >= 0.3 is 0 Å². The van der Waals surface area contributed by atoms with E-state index in [1.54, 1.807) is 7.11 Å². The van der Waals surface area contributed by atoms with Gasteiger partial charge in [-0.2, -0.15) is 12.8 Å². The van der Waals surface area contributed by atoms with E-state index in [1.807, 2.05) is 0 Å². The van der Waals surface area contributed by atoms with Gasteiger partial charge in [-0.1, -0.05) is 32.1 Å². The Balaban J connectivity index is 0.000000210. The SMILES string of the molecule is C1CCC(COC2CO[C@@H]3CCO[C@H]23)CC1.COCC1CC[CH-]CC1.[V]. The number of fused-ring (bicyclic) bond motifs is 1. The van der Waals surface area contributed by atoms with Crippen LogP contribution in [0, 0.1) is 18.3 Å². The first kappa shape index (κ1) is 22.7. The summed E-state index contributed by atoms with van der Waals surface area (Å²) in [5, 5.41) is 0. The Labute approximate surface area is 171 Å². The number of hydrogen-bond donors (Lipinski definition) is 0. The fourth-order valence-corrected chi connectivity index (χ4v) is 4.58. The van der Waals surface area contributed by atoms with Crippen LogP contribution in [0.3, 0.4) is 0 Å². The smallest absolute Gasteiger partial charge is 0.112 e. The Kier molecular flexibility index (Phi) is 11.2. The average molecular weight is 404 g/mol. The molecule has 26 heavy (non-hydrogen) atoms. The van der Waals surface area contributed by atoms with Crippen LogP contribution < -0.4 is 0 Å². The molecule has 4 rings (SSSR count). The van der Waals surface area contributed by atoms with Crippen LogP contribution >= 0.6 is 0 Å². The molecular weight excluding hydrogens is 367 g/mol. The van der Waals surface area contributed by atoms with Crippen LogP contribution in [-0.2, 0) is 37.5 Å². The third kappa shape index (κ3) is 7.11. The van der Waals surface area contributed by atoms with Crippen LogP contribution in [0.4, 0.5) is 0 Å². The van der Waals surface area contributed by atoms with E-state index in [2.05, 4.69) is 6.42 Å². The van der Waals surface area contributed by atoms with E-state index >= 15 is 0 Å². The second kappa shape index (κ2) is 12.8. The topological polar surface area (TPSA) is 36.9 Å². The van der Waals surface area contributed by atoms with Crippen molar-refractivity contribution in [2.45, 2.75) is 82.5 Å². The molecule has 3 atom stereocenters. The van der Waals surface area contributed by atoms with Gasteiger partial charge in [0.1, 0.15) is 12.2 Å². The number of hydrogen-bond acceptors (Lipinski definition) is 4. The van der Waals surface area contributed by atoms with Crippen molar-refractivity contribution in [1.82, 2.24) is 0 Å².